The minimum Gasteiger partial charge on any atom is -0.497 e. The Morgan fingerprint density at radius 2 is 1.64 bits per heavy atom. The summed E-state index contributed by atoms with van der Waals surface area (Å²) in [5, 5.41) is 12.7. The number of aromatic carboxylic acids is 1. The molecule has 0 atom stereocenters. The number of carbonyl (C=O) groups excluding carboxylic acids is 1. The van der Waals surface area contributed by atoms with Crippen molar-refractivity contribution in [1.29, 1.82) is 0 Å². The van der Waals surface area contributed by atoms with Gasteiger partial charge >= 0.3 is 5.97 Å². The number of carboxylic acid groups (broad SMARTS) is 1. The third-order valence-corrected chi connectivity index (χ3v) is 5.03. The van der Waals surface area contributed by atoms with Crippen LogP contribution in [0.2, 0.25) is 0 Å². The lowest BCUT2D eigenvalue weighted by molar-refractivity contribution is 0.0696. The van der Waals surface area contributed by atoms with Gasteiger partial charge < -0.3 is 19.6 Å². The molecule has 0 bridgehead atoms. The molecule has 0 fully saturated rings. The van der Waals surface area contributed by atoms with Gasteiger partial charge in [-0.1, -0.05) is 6.07 Å². The van der Waals surface area contributed by atoms with Gasteiger partial charge in [0.2, 0.25) is 5.55 Å². The minimum atomic E-state index is -1.03. The Kier molecular flexibility index (Phi) is 5.95. The number of nitrogens with one attached hydrogen (secondary N) is 1. The number of rotatable bonds is 5. The number of carboxylic acids is 1. The van der Waals surface area contributed by atoms with E-state index in [4.69, 9.17) is 14.3 Å². The molecule has 7 heteroatoms. The van der Waals surface area contributed by atoms with Crippen LogP contribution in [0, 0.1) is 13.8 Å². The summed E-state index contributed by atoms with van der Waals surface area (Å²) >= 11 is 0. The fourth-order valence-electron chi connectivity index (χ4n) is 3.51. The van der Waals surface area contributed by atoms with Crippen LogP contribution in [0.1, 0.15) is 31.8 Å². The summed E-state index contributed by atoms with van der Waals surface area (Å²) < 4.78 is 11.3. The molecule has 1 aromatic heterocycles. The van der Waals surface area contributed by atoms with Crippen molar-refractivity contribution in [3.63, 3.8) is 0 Å². The number of aryl methyl sites for hydroxylation is 2. The van der Waals surface area contributed by atoms with Gasteiger partial charge in [-0.15, -0.1) is 0 Å². The number of hydrogen-bond acceptors (Lipinski definition) is 5. The molecule has 7 nitrogen and oxygen atoms in total. The molecule has 3 aromatic carbocycles. The smallest absolute Gasteiger partial charge is 0.335 e. The molecule has 0 aliphatic rings. The number of fused-ring (bicyclic) bond motifs is 1. The molecule has 0 saturated carbocycles. The number of nitrogens with zero attached hydrogens (tertiary/aromatic N) is 1. The van der Waals surface area contributed by atoms with Gasteiger partial charge in [-0.2, -0.15) is 0 Å². The predicted octanol–water partition coefficient (Wildman–Crippen LogP) is 5.24. The van der Waals surface area contributed by atoms with Crippen LogP contribution in [0.4, 0.5) is 11.4 Å². The molecule has 166 valence electrons. The van der Waals surface area contributed by atoms with Gasteiger partial charge in [0.05, 0.1) is 18.4 Å². The molecule has 0 unspecified atom stereocenters. The van der Waals surface area contributed by atoms with E-state index in [-0.39, 0.29) is 22.6 Å². The zero-order valence-electron chi connectivity index (χ0n) is 18.4. The number of anilines is 1. The topological polar surface area (TPSA) is 101 Å². The molecule has 0 spiro atoms. The quantitative estimate of drug-likeness (QED) is 0.440. The molecule has 0 aliphatic heterocycles. The van der Waals surface area contributed by atoms with Crippen LogP contribution in [-0.4, -0.2) is 24.1 Å². The number of methoxy groups -OCH3 is 1. The fourth-order valence-corrected chi connectivity index (χ4v) is 3.51. The highest BCUT2D eigenvalue weighted by Crippen LogP contribution is 2.22. The molecule has 0 saturated heterocycles. The maximum absolute atomic E-state index is 13.2. The monoisotopic (exact) mass is 442 g/mol. The van der Waals surface area contributed by atoms with E-state index in [2.05, 4.69) is 10.3 Å². The average Bonchev–Trinajstić information content (AvgIpc) is 2.77. The molecule has 0 aliphatic carbocycles. The Morgan fingerprint density at radius 3 is 2.27 bits per heavy atom. The molecular weight excluding hydrogens is 420 g/mol. The van der Waals surface area contributed by atoms with Gasteiger partial charge in [0, 0.05) is 17.1 Å². The highest BCUT2D eigenvalue weighted by Gasteiger charge is 2.14. The highest BCUT2D eigenvalue weighted by molar-refractivity contribution is 6.05. The van der Waals surface area contributed by atoms with Crippen molar-refractivity contribution < 1.29 is 23.8 Å². The highest BCUT2D eigenvalue weighted by atomic mass is 16.5. The van der Waals surface area contributed by atoms with Gasteiger partial charge in [0.25, 0.3) is 5.91 Å². The van der Waals surface area contributed by atoms with Gasteiger partial charge in [0.1, 0.15) is 16.9 Å². The molecule has 33 heavy (non-hydrogen) atoms. The number of ether oxygens (including phenoxy) is 1. The Balaban J connectivity index is 1.84. The summed E-state index contributed by atoms with van der Waals surface area (Å²) in [6, 6.07) is 18.8. The minimum absolute atomic E-state index is 0.0979. The zero-order chi connectivity index (χ0) is 23.5. The first-order valence-electron chi connectivity index (χ1n) is 10.2. The number of hydrogen-bond donors (Lipinski definition) is 2. The number of carbonyl (C=O) groups is 2. The van der Waals surface area contributed by atoms with Gasteiger partial charge in [0.15, 0.2) is 0 Å². The van der Waals surface area contributed by atoms with E-state index in [1.807, 2.05) is 32.0 Å². The van der Waals surface area contributed by atoms with Crippen LogP contribution >= 0.6 is 0 Å². The lowest BCUT2D eigenvalue weighted by Gasteiger charge is -2.09. The largest absolute Gasteiger partial charge is 0.497 e. The summed E-state index contributed by atoms with van der Waals surface area (Å²) in [5.41, 5.74) is 4.17. The summed E-state index contributed by atoms with van der Waals surface area (Å²) in [6.07, 6.45) is 0. The van der Waals surface area contributed by atoms with Crippen LogP contribution in [0.3, 0.4) is 0 Å². The van der Waals surface area contributed by atoms with Crippen molar-refractivity contribution in [2.75, 3.05) is 12.4 Å². The SMILES string of the molecule is COc1ccc2cc(C(=O)Nc3cc(C)cc(C)c3)c(=Nc3ccc(C(=O)O)cc3)oc2c1. The summed E-state index contributed by atoms with van der Waals surface area (Å²) in [7, 11) is 1.56. The van der Waals surface area contributed by atoms with Crippen molar-refractivity contribution in [3.05, 3.63) is 94.5 Å². The van der Waals surface area contributed by atoms with Crippen LogP contribution in [-0.2, 0) is 0 Å². The second kappa shape index (κ2) is 9.00. The molecular formula is C26H22N2O5. The first kappa shape index (κ1) is 21.8. The Bertz CT molecular complexity index is 1420. The second-order valence-corrected chi connectivity index (χ2v) is 7.66. The van der Waals surface area contributed by atoms with Crippen molar-refractivity contribution in [2.24, 2.45) is 4.99 Å². The first-order valence-corrected chi connectivity index (χ1v) is 10.2. The zero-order valence-corrected chi connectivity index (χ0v) is 18.4. The Labute approximate surface area is 190 Å². The Hall–Kier alpha value is -4.39. The molecule has 1 heterocycles. The summed E-state index contributed by atoms with van der Waals surface area (Å²) in [4.78, 5) is 28.8. The van der Waals surface area contributed by atoms with Gasteiger partial charge in [-0.25, -0.2) is 9.79 Å². The number of amides is 1. The van der Waals surface area contributed by atoms with E-state index < -0.39 is 5.97 Å². The van der Waals surface area contributed by atoms with Crippen LogP contribution in [0.25, 0.3) is 11.0 Å². The average molecular weight is 442 g/mol. The van der Waals surface area contributed by atoms with Crippen molar-refractivity contribution in [2.45, 2.75) is 13.8 Å². The summed E-state index contributed by atoms with van der Waals surface area (Å²) in [6.45, 7) is 3.92. The van der Waals surface area contributed by atoms with Gasteiger partial charge in [-0.3, -0.25) is 4.79 Å². The standard InChI is InChI=1S/C26H22N2O5/c1-15-10-16(2)12-20(11-15)27-24(29)22-13-18-6-9-21(32-3)14-23(18)33-25(22)28-19-7-4-17(5-8-19)26(30)31/h4-14H,1-3H3,(H,27,29)(H,30,31). The maximum atomic E-state index is 13.2. The fraction of sp³-hybridized carbons (Fsp3) is 0.115. The van der Waals surface area contributed by atoms with E-state index in [0.717, 1.165) is 11.1 Å². The first-order chi connectivity index (χ1) is 15.8. The van der Waals surface area contributed by atoms with E-state index in [1.165, 1.54) is 12.1 Å². The molecule has 4 aromatic rings. The van der Waals surface area contributed by atoms with E-state index in [9.17, 15) is 9.59 Å². The normalized spacial score (nSPS) is 11.4. The van der Waals surface area contributed by atoms with Gasteiger partial charge in [-0.05, 0) is 79.6 Å². The predicted molar refractivity (Wildman–Crippen MR) is 125 cm³/mol. The van der Waals surface area contributed by atoms with Crippen molar-refractivity contribution in [3.8, 4) is 5.75 Å². The van der Waals surface area contributed by atoms with Crippen LogP contribution < -0.4 is 15.6 Å². The van der Waals surface area contributed by atoms with Crippen LogP contribution in [0.15, 0.2) is 76.1 Å². The molecule has 2 N–H and O–H groups in total. The van der Waals surface area contributed by atoms with E-state index >= 15 is 0 Å². The molecule has 4 rings (SSSR count). The maximum Gasteiger partial charge on any atom is 0.335 e. The van der Waals surface area contributed by atoms with Crippen molar-refractivity contribution in [1.82, 2.24) is 0 Å². The Morgan fingerprint density at radius 1 is 0.939 bits per heavy atom. The van der Waals surface area contributed by atoms with E-state index in [0.29, 0.717) is 28.1 Å². The van der Waals surface area contributed by atoms with Crippen LogP contribution in [0.5, 0.6) is 5.75 Å². The third-order valence-electron chi connectivity index (χ3n) is 5.03. The summed E-state index contributed by atoms with van der Waals surface area (Å²) in [5.74, 6) is -0.796. The van der Waals surface area contributed by atoms with Crippen molar-refractivity contribution >= 4 is 34.2 Å². The second-order valence-electron chi connectivity index (χ2n) is 7.66. The van der Waals surface area contributed by atoms with E-state index in [1.54, 1.807) is 43.5 Å². The lowest BCUT2D eigenvalue weighted by Crippen LogP contribution is -2.21. The lowest BCUT2D eigenvalue weighted by atomic mass is 10.1. The third kappa shape index (κ3) is 4.93. The molecule has 0 radical (unpaired) electrons. The number of benzene rings is 3. The molecule has 1 amide bonds.